The van der Waals surface area contributed by atoms with Crippen molar-refractivity contribution in [3.8, 4) is 0 Å². The van der Waals surface area contributed by atoms with E-state index in [2.05, 4.69) is 22.2 Å². The molecule has 1 aromatic carbocycles. The number of benzene rings is 1. The Morgan fingerprint density at radius 3 is 2.57 bits per heavy atom. The van der Waals surface area contributed by atoms with Crippen molar-refractivity contribution in [1.82, 2.24) is 10.3 Å². The zero-order chi connectivity index (χ0) is 16.8. The molecule has 0 radical (unpaired) electrons. The van der Waals surface area contributed by atoms with Crippen LogP contribution in [0.3, 0.4) is 0 Å². The Morgan fingerprint density at radius 2 is 1.91 bits per heavy atom. The van der Waals surface area contributed by atoms with Crippen molar-refractivity contribution in [1.29, 1.82) is 0 Å². The predicted octanol–water partition coefficient (Wildman–Crippen LogP) is 3.04. The fraction of sp³-hybridized carbons (Fsp3) is 0.0625. The topological polar surface area (TPSA) is 71.1 Å². The Hall–Kier alpha value is -2.73. The summed E-state index contributed by atoms with van der Waals surface area (Å²) >= 11 is 5.66. The first-order valence-corrected chi connectivity index (χ1v) is 6.99. The van der Waals surface area contributed by atoms with Crippen LogP contribution in [0.4, 0.5) is 10.1 Å². The van der Waals surface area contributed by atoms with Crippen molar-refractivity contribution in [2.75, 3.05) is 11.9 Å². The minimum atomic E-state index is -0.577. The number of nitrogens with one attached hydrogen (secondary N) is 2. The highest BCUT2D eigenvalue weighted by Gasteiger charge is 2.12. The third-order valence-corrected chi connectivity index (χ3v) is 3.14. The average molecular weight is 334 g/mol. The Bertz CT molecular complexity index is 765. The highest BCUT2D eigenvalue weighted by molar-refractivity contribution is 6.31. The highest BCUT2D eigenvalue weighted by atomic mass is 35.5. The molecule has 0 saturated heterocycles. The lowest BCUT2D eigenvalue weighted by Gasteiger charge is -2.07. The molecule has 2 rings (SSSR count). The van der Waals surface area contributed by atoms with Crippen LogP contribution in [0.1, 0.15) is 20.7 Å². The second-order valence-corrected chi connectivity index (χ2v) is 4.95. The zero-order valence-corrected chi connectivity index (χ0v) is 12.7. The van der Waals surface area contributed by atoms with Gasteiger partial charge in [-0.2, -0.15) is 0 Å². The fourth-order valence-electron chi connectivity index (χ4n) is 1.73. The van der Waals surface area contributed by atoms with Gasteiger partial charge >= 0.3 is 0 Å². The smallest absolute Gasteiger partial charge is 0.257 e. The minimum absolute atomic E-state index is 0.0986. The van der Waals surface area contributed by atoms with Gasteiger partial charge < -0.3 is 10.6 Å². The van der Waals surface area contributed by atoms with Crippen LogP contribution in [0.15, 0.2) is 49.3 Å². The number of rotatable bonds is 5. The van der Waals surface area contributed by atoms with E-state index in [-0.39, 0.29) is 22.1 Å². The molecule has 0 spiro atoms. The van der Waals surface area contributed by atoms with E-state index in [0.717, 1.165) is 6.07 Å². The van der Waals surface area contributed by atoms with Crippen LogP contribution in [-0.4, -0.2) is 23.3 Å². The van der Waals surface area contributed by atoms with Crippen molar-refractivity contribution in [2.24, 2.45) is 0 Å². The molecule has 0 aliphatic carbocycles. The molecule has 0 unspecified atom stereocenters. The summed E-state index contributed by atoms with van der Waals surface area (Å²) in [6.45, 7) is 3.81. The Labute approximate surface area is 137 Å². The van der Waals surface area contributed by atoms with Crippen molar-refractivity contribution >= 4 is 29.1 Å². The molecule has 0 aliphatic rings. The molecule has 2 N–H and O–H groups in total. The third-order valence-electron chi connectivity index (χ3n) is 2.85. The van der Waals surface area contributed by atoms with Gasteiger partial charge in [0.25, 0.3) is 11.8 Å². The molecule has 7 heteroatoms. The molecular formula is C16H13ClFN3O2. The second kappa shape index (κ2) is 7.51. The second-order valence-electron chi connectivity index (χ2n) is 4.54. The van der Waals surface area contributed by atoms with Crippen molar-refractivity contribution in [3.05, 3.63) is 71.3 Å². The van der Waals surface area contributed by atoms with Gasteiger partial charge in [0.1, 0.15) is 5.82 Å². The van der Waals surface area contributed by atoms with Crippen LogP contribution < -0.4 is 10.6 Å². The van der Waals surface area contributed by atoms with E-state index in [1.165, 1.54) is 30.6 Å². The van der Waals surface area contributed by atoms with E-state index in [0.29, 0.717) is 12.2 Å². The molecule has 1 heterocycles. The summed E-state index contributed by atoms with van der Waals surface area (Å²) in [5, 5.41) is 5.05. The summed E-state index contributed by atoms with van der Waals surface area (Å²) < 4.78 is 13.1. The molecule has 0 atom stereocenters. The fourth-order valence-corrected chi connectivity index (χ4v) is 1.91. The third kappa shape index (κ3) is 4.37. The van der Waals surface area contributed by atoms with Crippen molar-refractivity contribution < 1.29 is 14.0 Å². The number of nitrogens with zero attached hydrogens (tertiary/aromatic N) is 1. The number of carbonyl (C=O) groups excluding carboxylic acids is 2. The van der Waals surface area contributed by atoms with E-state index in [9.17, 15) is 14.0 Å². The number of halogens is 2. The lowest BCUT2D eigenvalue weighted by Crippen LogP contribution is -2.24. The maximum absolute atomic E-state index is 13.1. The molecule has 0 fully saturated rings. The number of carbonyl (C=O) groups is 2. The van der Waals surface area contributed by atoms with Gasteiger partial charge in [-0.25, -0.2) is 4.39 Å². The standard InChI is InChI=1S/C16H13ClFN3O2/c1-2-5-20-15(22)10-6-11(9-19-8-10)16(23)21-12-3-4-14(18)13(17)7-12/h2-4,6-9H,1,5H2,(H,20,22)(H,21,23). The number of hydrogen-bond donors (Lipinski definition) is 2. The molecule has 0 saturated carbocycles. The largest absolute Gasteiger partial charge is 0.349 e. The van der Waals surface area contributed by atoms with Gasteiger partial charge in [-0.15, -0.1) is 6.58 Å². The van der Waals surface area contributed by atoms with E-state index in [4.69, 9.17) is 11.6 Å². The van der Waals surface area contributed by atoms with Crippen LogP contribution in [0.25, 0.3) is 0 Å². The summed E-state index contributed by atoms with van der Waals surface area (Å²) in [5.74, 6) is -1.43. The Morgan fingerprint density at radius 1 is 1.22 bits per heavy atom. The lowest BCUT2D eigenvalue weighted by molar-refractivity contribution is 0.0957. The monoisotopic (exact) mass is 333 g/mol. The van der Waals surface area contributed by atoms with Gasteiger partial charge in [0.05, 0.1) is 16.1 Å². The highest BCUT2D eigenvalue weighted by Crippen LogP contribution is 2.20. The quantitative estimate of drug-likeness (QED) is 0.826. The first kappa shape index (κ1) is 16.6. The van der Waals surface area contributed by atoms with Crippen LogP contribution >= 0.6 is 11.6 Å². The Kier molecular flexibility index (Phi) is 5.43. The molecule has 0 bridgehead atoms. The molecule has 2 amide bonds. The summed E-state index contributed by atoms with van der Waals surface area (Å²) in [5.41, 5.74) is 0.774. The number of aromatic nitrogens is 1. The number of hydrogen-bond acceptors (Lipinski definition) is 3. The van der Waals surface area contributed by atoms with Gasteiger partial charge in [0.2, 0.25) is 0 Å². The zero-order valence-electron chi connectivity index (χ0n) is 12.0. The molecule has 1 aromatic heterocycles. The lowest BCUT2D eigenvalue weighted by atomic mass is 10.2. The number of pyridine rings is 1. The van der Waals surface area contributed by atoms with Gasteiger partial charge in [0.15, 0.2) is 0 Å². The summed E-state index contributed by atoms with van der Waals surface area (Å²) in [6, 6.07) is 5.23. The first-order valence-electron chi connectivity index (χ1n) is 6.62. The first-order chi connectivity index (χ1) is 11.0. The van der Waals surface area contributed by atoms with Gasteiger partial charge in [-0.05, 0) is 24.3 Å². The normalized spacial score (nSPS) is 10.0. The molecule has 118 valence electrons. The SMILES string of the molecule is C=CCNC(=O)c1cncc(C(=O)Nc2ccc(F)c(Cl)c2)c1. The summed E-state index contributed by atoms with van der Waals surface area (Å²) in [6.07, 6.45) is 4.22. The molecule has 5 nitrogen and oxygen atoms in total. The molecular weight excluding hydrogens is 321 g/mol. The van der Waals surface area contributed by atoms with Crippen LogP contribution in [0.5, 0.6) is 0 Å². The number of amides is 2. The van der Waals surface area contributed by atoms with E-state index in [1.807, 2.05) is 0 Å². The van der Waals surface area contributed by atoms with E-state index in [1.54, 1.807) is 6.08 Å². The molecule has 2 aromatic rings. The van der Waals surface area contributed by atoms with Gasteiger partial charge in [0, 0.05) is 24.6 Å². The van der Waals surface area contributed by atoms with Gasteiger partial charge in [-0.1, -0.05) is 17.7 Å². The summed E-state index contributed by atoms with van der Waals surface area (Å²) in [7, 11) is 0. The van der Waals surface area contributed by atoms with Crippen LogP contribution in [0, 0.1) is 5.82 Å². The Balaban J connectivity index is 2.14. The van der Waals surface area contributed by atoms with Crippen molar-refractivity contribution in [2.45, 2.75) is 0 Å². The molecule has 0 aliphatic heterocycles. The van der Waals surface area contributed by atoms with Gasteiger partial charge in [-0.3, -0.25) is 14.6 Å². The van der Waals surface area contributed by atoms with Crippen LogP contribution in [-0.2, 0) is 0 Å². The minimum Gasteiger partial charge on any atom is -0.349 e. The maximum Gasteiger partial charge on any atom is 0.257 e. The predicted molar refractivity (Wildman–Crippen MR) is 86.1 cm³/mol. The van der Waals surface area contributed by atoms with E-state index >= 15 is 0 Å². The van der Waals surface area contributed by atoms with E-state index < -0.39 is 11.7 Å². The average Bonchev–Trinajstić information content (AvgIpc) is 2.56. The maximum atomic E-state index is 13.1. The number of anilines is 1. The summed E-state index contributed by atoms with van der Waals surface area (Å²) in [4.78, 5) is 27.9. The molecule has 23 heavy (non-hydrogen) atoms. The van der Waals surface area contributed by atoms with Crippen molar-refractivity contribution in [3.63, 3.8) is 0 Å². The van der Waals surface area contributed by atoms with Crippen LogP contribution in [0.2, 0.25) is 5.02 Å².